The molecule has 0 bridgehead atoms. The normalized spacial score (nSPS) is 27.6. The van der Waals surface area contributed by atoms with E-state index in [4.69, 9.17) is 11.6 Å². The van der Waals surface area contributed by atoms with Crippen molar-refractivity contribution in [3.63, 3.8) is 0 Å². The number of hydrogen-bond donors (Lipinski definition) is 2. The molecule has 3 nitrogen and oxygen atoms in total. The van der Waals surface area contributed by atoms with Crippen LogP contribution in [-0.4, -0.2) is 48.0 Å². The molecule has 2 aliphatic carbocycles. The molecule has 1 saturated carbocycles. The molecule has 3 rings (SSSR count). The lowest BCUT2D eigenvalue weighted by Gasteiger charge is -2.19. The molecule has 0 heterocycles. The number of aliphatic hydroxyl groups is 2. The second-order valence-corrected chi connectivity index (χ2v) is 9.57. The molecule has 2 aliphatic rings. The number of unbranched alkanes of at least 4 members (excludes halogenated alkanes) is 2. The zero-order chi connectivity index (χ0) is 20.8. The molecule has 5 atom stereocenters. The number of fused-ring (bicyclic) bond motifs is 1. The largest absolute Gasteiger partial charge is 0.392 e. The van der Waals surface area contributed by atoms with Crippen molar-refractivity contribution in [2.45, 2.75) is 57.2 Å². The van der Waals surface area contributed by atoms with Crippen LogP contribution in [0.3, 0.4) is 0 Å². The predicted molar refractivity (Wildman–Crippen MR) is 121 cm³/mol. The summed E-state index contributed by atoms with van der Waals surface area (Å²) in [5, 5.41) is 21.6. The highest BCUT2D eigenvalue weighted by Gasteiger charge is 2.43. The van der Waals surface area contributed by atoms with Gasteiger partial charge in [-0.15, -0.1) is 0 Å². The maximum absolute atomic E-state index is 10.5. The van der Waals surface area contributed by atoms with Crippen molar-refractivity contribution in [3.05, 3.63) is 58.7 Å². The average Bonchev–Trinajstić information content (AvgIpc) is 3.16. The molecule has 0 unspecified atom stereocenters. The second kappa shape index (κ2) is 10.8. The molecular formula is C25H36ClNO2. The van der Waals surface area contributed by atoms with Crippen LogP contribution in [0.1, 0.15) is 44.1 Å². The van der Waals surface area contributed by atoms with Crippen molar-refractivity contribution in [3.8, 4) is 0 Å². The Kier molecular flexibility index (Phi) is 8.37. The van der Waals surface area contributed by atoms with Crippen LogP contribution in [0.5, 0.6) is 0 Å². The van der Waals surface area contributed by atoms with Crippen LogP contribution < -0.4 is 0 Å². The molecule has 4 heteroatoms. The number of allylic oxidation sites excluding steroid dienone is 2. The van der Waals surface area contributed by atoms with Gasteiger partial charge in [0.15, 0.2) is 0 Å². The molecule has 0 spiro atoms. The molecule has 0 aliphatic heterocycles. The molecule has 29 heavy (non-hydrogen) atoms. The summed E-state index contributed by atoms with van der Waals surface area (Å²) < 4.78 is 0. The molecule has 0 saturated heterocycles. The van der Waals surface area contributed by atoms with Gasteiger partial charge in [0.1, 0.15) is 0 Å². The number of hydrogen-bond acceptors (Lipinski definition) is 3. The molecule has 0 radical (unpaired) electrons. The first kappa shape index (κ1) is 22.6. The van der Waals surface area contributed by atoms with E-state index in [1.807, 2.05) is 30.3 Å². The minimum absolute atomic E-state index is 0.150. The molecule has 1 aromatic carbocycles. The van der Waals surface area contributed by atoms with Gasteiger partial charge >= 0.3 is 0 Å². The van der Waals surface area contributed by atoms with E-state index < -0.39 is 6.10 Å². The summed E-state index contributed by atoms with van der Waals surface area (Å²) in [6.45, 7) is 1.17. The van der Waals surface area contributed by atoms with Crippen LogP contribution in [-0.2, 0) is 6.42 Å². The smallest absolute Gasteiger partial charge is 0.0761 e. The van der Waals surface area contributed by atoms with Gasteiger partial charge in [-0.1, -0.05) is 54.0 Å². The van der Waals surface area contributed by atoms with Gasteiger partial charge in [-0.05, 0) is 82.3 Å². The van der Waals surface area contributed by atoms with Gasteiger partial charge in [0.2, 0.25) is 0 Å². The maximum Gasteiger partial charge on any atom is 0.0761 e. The molecule has 1 aromatic rings. The number of halogens is 1. The summed E-state index contributed by atoms with van der Waals surface area (Å²) >= 11 is 6.03. The lowest BCUT2D eigenvalue weighted by Crippen LogP contribution is -2.18. The third-order valence-electron chi connectivity index (χ3n) is 6.44. The summed E-state index contributed by atoms with van der Waals surface area (Å²) in [6, 6.07) is 7.63. The number of nitrogens with zero attached hydrogens (tertiary/aromatic N) is 1. The van der Waals surface area contributed by atoms with Crippen LogP contribution in [0.2, 0.25) is 5.02 Å². The Hall–Kier alpha value is -1.13. The number of rotatable bonds is 10. The lowest BCUT2D eigenvalue weighted by molar-refractivity contribution is 0.140. The number of benzene rings is 1. The van der Waals surface area contributed by atoms with Crippen LogP contribution in [0, 0.1) is 17.8 Å². The molecule has 1 fully saturated rings. The second-order valence-electron chi connectivity index (χ2n) is 9.14. The van der Waals surface area contributed by atoms with E-state index in [0.29, 0.717) is 23.3 Å². The first-order valence-corrected chi connectivity index (χ1v) is 11.4. The van der Waals surface area contributed by atoms with Gasteiger partial charge in [0.05, 0.1) is 12.2 Å². The molecule has 2 N–H and O–H groups in total. The predicted octanol–water partition coefficient (Wildman–Crippen LogP) is 4.86. The zero-order valence-corrected chi connectivity index (χ0v) is 18.6. The van der Waals surface area contributed by atoms with Crippen LogP contribution in [0.4, 0.5) is 0 Å². The highest BCUT2D eigenvalue weighted by Crippen LogP contribution is 2.48. The Morgan fingerprint density at radius 3 is 2.83 bits per heavy atom. The van der Waals surface area contributed by atoms with Gasteiger partial charge in [-0.25, -0.2) is 0 Å². The van der Waals surface area contributed by atoms with Crippen LogP contribution in [0.25, 0.3) is 0 Å². The van der Waals surface area contributed by atoms with E-state index in [1.165, 1.54) is 32.2 Å². The van der Waals surface area contributed by atoms with E-state index in [2.05, 4.69) is 31.1 Å². The molecule has 0 aromatic heterocycles. The van der Waals surface area contributed by atoms with Gasteiger partial charge in [-0.3, -0.25) is 0 Å². The van der Waals surface area contributed by atoms with Crippen LogP contribution >= 0.6 is 11.6 Å². The summed E-state index contributed by atoms with van der Waals surface area (Å²) in [6.07, 6.45) is 13.1. The maximum atomic E-state index is 10.5. The van der Waals surface area contributed by atoms with Crippen molar-refractivity contribution in [2.24, 2.45) is 17.8 Å². The summed E-state index contributed by atoms with van der Waals surface area (Å²) in [7, 11) is 4.26. The number of aliphatic hydroxyl groups excluding tert-OH is 2. The summed E-state index contributed by atoms with van der Waals surface area (Å²) in [5.74, 6) is 1.15. The standard InChI is InChI=1S/C25H36ClNO2/c1-27(2)12-5-3-4-7-18-13-20-17-25(29)23(24(20)16-18)11-10-22(28)15-19-8-6-9-21(26)14-19/h6,8-11,13-14,20,22-25,28-29H,3-5,7,12,15-17H2,1-2H3/b11-10+/t20-,22+,23+,24-,25+/m0/s1. The Labute approximate surface area is 181 Å². The monoisotopic (exact) mass is 417 g/mol. The topological polar surface area (TPSA) is 43.7 Å². The average molecular weight is 418 g/mol. The fourth-order valence-corrected chi connectivity index (χ4v) is 5.19. The van der Waals surface area contributed by atoms with Gasteiger partial charge in [-0.2, -0.15) is 0 Å². The zero-order valence-electron chi connectivity index (χ0n) is 17.8. The third kappa shape index (κ3) is 6.68. The van der Waals surface area contributed by atoms with Gasteiger partial charge in [0.25, 0.3) is 0 Å². The molecular weight excluding hydrogens is 382 g/mol. The first-order chi connectivity index (χ1) is 13.9. The fraction of sp³-hybridized carbons (Fsp3) is 0.600. The summed E-state index contributed by atoms with van der Waals surface area (Å²) in [4.78, 5) is 2.25. The molecule has 0 amide bonds. The first-order valence-electron chi connectivity index (χ1n) is 11.1. The van der Waals surface area contributed by atoms with Crippen LogP contribution in [0.15, 0.2) is 48.1 Å². The van der Waals surface area contributed by atoms with Gasteiger partial charge < -0.3 is 15.1 Å². The van der Waals surface area contributed by atoms with Crippen molar-refractivity contribution in [1.29, 1.82) is 0 Å². The van der Waals surface area contributed by atoms with E-state index in [-0.39, 0.29) is 12.0 Å². The van der Waals surface area contributed by atoms with Crippen molar-refractivity contribution < 1.29 is 10.2 Å². The van der Waals surface area contributed by atoms with E-state index in [1.54, 1.807) is 5.57 Å². The quantitative estimate of drug-likeness (QED) is 0.421. The van der Waals surface area contributed by atoms with E-state index >= 15 is 0 Å². The molecule has 160 valence electrons. The fourth-order valence-electron chi connectivity index (χ4n) is 4.98. The van der Waals surface area contributed by atoms with E-state index in [9.17, 15) is 10.2 Å². The lowest BCUT2D eigenvalue weighted by atomic mass is 9.88. The van der Waals surface area contributed by atoms with Crippen molar-refractivity contribution in [1.82, 2.24) is 4.90 Å². The SMILES string of the molecule is CN(C)CCCCCC1=C[C@H]2C[C@@H](O)[C@H](/C=C/[C@@H](O)Cc3cccc(Cl)c3)[C@H]2C1. The van der Waals surface area contributed by atoms with E-state index in [0.717, 1.165) is 18.4 Å². The minimum atomic E-state index is -0.551. The minimum Gasteiger partial charge on any atom is -0.392 e. The Bertz CT molecular complexity index is 715. The Morgan fingerprint density at radius 2 is 2.07 bits per heavy atom. The summed E-state index contributed by atoms with van der Waals surface area (Å²) in [5.41, 5.74) is 2.60. The van der Waals surface area contributed by atoms with Crippen molar-refractivity contribution in [2.75, 3.05) is 20.6 Å². The van der Waals surface area contributed by atoms with Gasteiger partial charge in [0, 0.05) is 17.4 Å². The highest BCUT2D eigenvalue weighted by atomic mass is 35.5. The Morgan fingerprint density at radius 1 is 1.24 bits per heavy atom. The Balaban J connectivity index is 1.47. The highest BCUT2D eigenvalue weighted by molar-refractivity contribution is 6.30. The third-order valence-corrected chi connectivity index (χ3v) is 6.68. The van der Waals surface area contributed by atoms with Crippen molar-refractivity contribution >= 4 is 11.6 Å².